The predicted molar refractivity (Wildman–Crippen MR) is 95.2 cm³/mol. The zero-order chi connectivity index (χ0) is 17.9. The zero-order valence-electron chi connectivity index (χ0n) is 15.2. The Morgan fingerprint density at radius 3 is 2.38 bits per heavy atom. The molecular weight excluding hydrogens is 304 g/mol. The van der Waals surface area contributed by atoms with Crippen molar-refractivity contribution in [2.24, 2.45) is 0 Å². The number of carbonyl (C=O) groups is 2. The highest BCUT2D eigenvalue weighted by molar-refractivity contribution is 6.39. The Balaban J connectivity index is 2.08. The lowest BCUT2D eigenvalue weighted by molar-refractivity contribution is -0.136. The molecule has 0 aromatic heterocycles. The van der Waals surface area contributed by atoms with Crippen LogP contribution in [-0.2, 0) is 14.3 Å². The van der Waals surface area contributed by atoms with Crippen LogP contribution in [0.25, 0.3) is 0 Å². The number of ether oxygens (including phenoxy) is 1. The van der Waals surface area contributed by atoms with Crippen LogP contribution < -0.4 is 10.6 Å². The fourth-order valence-electron chi connectivity index (χ4n) is 2.87. The molecule has 5 heteroatoms. The van der Waals surface area contributed by atoms with Crippen molar-refractivity contribution in [3.8, 4) is 0 Å². The minimum Gasteiger partial charge on any atom is -0.376 e. The maximum absolute atomic E-state index is 12.2. The largest absolute Gasteiger partial charge is 0.376 e. The maximum Gasteiger partial charge on any atom is 0.313 e. The molecule has 132 valence electrons. The number of rotatable bonds is 4. The van der Waals surface area contributed by atoms with Gasteiger partial charge < -0.3 is 15.4 Å². The lowest BCUT2D eigenvalue weighted by atomic mass is 9.94. The first-order valence-electron chi connectivity index (χ1n) is 8.67. The van der Waals surface area contributed by atoms with E-state index in [2.05, 4.69) is 44.4 Å². The van der Waals surface area contributed by atoms with Gasteiger partial charge in [0.15, 0.2) is 0 Å². The van der Waals surface area contributed by atoms with E-state index in [9.17, 15) is 9.59 Å². The molecule has 0 radical (unpaired) electrons. The topological polar surface area (TPSA) is 67.4 Å². The minimum absolute atomic E-state index is 0.0571. The van der Waals surface area contributed by atoms with Crippen molar-refractivity contribution in [3.05, 3.63) is 29.3 Å². The summed E-state index contributed by atoms with van der Waals surface area (Å²) in [6.07, 6.45) is 0.679. The molecule has 2 rings (SSSR count). The predicted octanol–water partition coefficient (Wildman–Crippen LogP) is 3.17. The average Bonchev–Trinajstić information content (AvgIpc) is 2.92. The number of anilines is 1. The molecular formula is C19H28N2O3. The van der Waals surface area contributed by atoms with Crippen molar-refractivity contribution in [2.45, 2.75) is 65.0 Å². The van der Waals surface area contributed by atoms with Gasteiger partial charge in [-0.1, -0.05) is 39.8 Å². The Morgan fingerprint density at radius 2 is 1.83 bits per heavy atom. The Kier molecular flexibility index (Phi) is 5.99. The third-order valence-electron chi connectivity index (χ3n) is 4.51. The van der Waals surface area contributed by atoms with Crippen molar-refractivity contribution in [1.82, 2.24) is 5.32 Å². The lowest BCUT2D eigenvalue weighted by Gasteiger charge is -2.18. The third-order valence-corrected chi connectivity index (χ3v) is 4.51. The molecule has 1 heterocycles. The highest BCUT2D eigenvalue weighted by atomic mass is 16.5. The van der Waals surface area contributed by atoms with Crippen LogP contribution in [0.15, 0.2) is 18.2 Å². The van der Waals surface area contributed by atoms with Crippen LogP contribution in [0.1, 0.15) is 64.0 Å². The average molecular weight is 332 g/mol. The Labute approximate surface area is 144 Å². The molecule has 24 heavy (non-hydrogen) atoms. The Hall–Kier alpha value is -1.88. The van der Waals surface area contributed by atoms with Crippen LogP contribution in [0.2, 0.25) is 0 Å². The number of hydrogen-bond donors (Lipinski definition) is 2. The van der Waals surface area contributed by atoms with Crippen molar-refractivity contribution in [1.29, 1.82) is 0 Å². The summed E-state index contributed by atoms with van der Waals surface area (Å²) in [5.41, 5.74) is 2.96. The monoisotopic (exact) mass is 332 g/mol. The second-order valence-electron chi connectivity index (χ2n) is 7.05. The quantitative estimate of drug-likeness (QED) is 0.832. The minimum atomic E-state index is -0.631. The molecule has 0 bridgehead atoms. The first-order valence-corrected chi connectivity index (χ1v) is 8.67. The second kappa shape index (κ2) is 7.79. The fourth-order valence-corrected chi connectivity index (χ4v) is 2.87. The molecule has 0 saturated carbocycles. The van der Waals surface area contributed by atoms with Gasteiger partial charge in [-0.05, 0) is 42.4 Å². The molecule has 1 aromatic rings. The van der Waals surface area contributed by atoms with Crippen LogP contribution in [0.5, 0.6) is 0 Å². The van der Waals surface area contributed by atoms with Gasteiger partial charge in [0.25, 0.3) is 0 Å². The SMILES string of the molecule is CC(C)c1ccc(NC(=O)C(=O)NC2CCOC2C)c(C(C)C)c1. The number of amides is 2. The van der Waals surface area contributed by atoms with Gasteiger partial charge in [0.1, 0.15) is 0 Å². The molecule has 1 aliphatic heterocycles. The number of carbonyl (C=O) groups excluding carboxylic acids is 2. The maximum atomic E-state index is 12.2. The normalized spacial score (nSPS) is 20.5. The van der Waals surface area contributed by atoms with E-state index in [-0.39, 0.29) is 18.1 Å². The molecule has 0 aliphatic carbocycles. The van der Waals surface area contributed by atoms with Crippen molar-refractivity contribution < 1.29 is 14.3 Å². The van der Waals surface area contributed by atoms with Gasteiger partial charge in [0, 0.05) is 12.3 Å². The van der Waals surface area contributed by atoms with E-state index in [1.807, 2.05) is 19.1 Å². The van der Waals surface area contributed by atoms with Crippen LogP contribution >= 0.6 is 0 Å². The number of benzene rings is 1. The van der Waals surface area contributed by atoms with Crippen LogP contribution in [0.3, 0.4) is 0 Å². The molecule has 1 fully saturated rings. The van der Waals surface area contributed by atoms with E-state index in [0.717, 1.165) is 12.0 Å². The molecule has 2 amide bonds. The van der Waals surface area contributed by atoms with Crippen molar-refractivity contribution >= 4 is 17.5 Å². The Morgan fingerprint density at radius 1 is 1.12 bits per heavy atom. The third kappa shape index (κ3) is 4.35. The summed E-state index contributed by atoms with van der Waals surface area (Å²) in [5.74, 6) is -0.571. The van der Waals surface area contributed by atoms with Gasteiger partial charge in [0.05, 0.1) is 12.1 Å². The fraction of sp³-hybridized carbons (Fsp3) is 0.579. The summed E-state index contributed by atoms with van der Waals surface area (Å²) < 4.78 is 5.40. The second-order valence-corrected chi connectivity index (χ2v) is 7.05. The molecule has 1 aromatic carbocycles. The first-order chi connectivity index (χ1) is 11.3. The smallest absolute Gasteiger partial charge is 0.313 e. The summed E-state index contributed by atoms with van der Waals surface area (Å²) in [4.78, 5) is 24.4. The van der Waals surface area contributed by atoms with E-state index >= 15 is 0 Å². The number of nitrogens with one attached hydrogen (secondary N) is 2. The van der Waals surface area contributed by atoms with E-state index in [1.54, 1.807) is 0 Å². The van der Waals surface area contributed by atoms with Crippen LogP contribution in [0.4, 0.5) is 5.69 Å². The van der Waals surface area contributed by atoms with Crippen LogP contribution in [-0.4, -0.2) is 30.6 Å². The summed E-state index contributed by atoms with van der Waals surface area (Å²) in [6, 6.07) is 5.89. The molecule has 5 nitrogen and oxygen atoms in total. The van der Waals surface area contributed by atoms with E-state index in [0.29, 0.717) is 18.2 Å². The van der Waals surface area contributed by atoms with Gasteiger partial charge in [0.2, 0.25) is 0 Å². The standard InChI is InChI=1S/C19H28N2O3/c1-11(2)14-6-7-17(15(10-14)12(3)4)21-19(23)18(22)20-16-8-9-24-13(16)5/h6-7,10-13,16H,8-9H2,1-5H3,(H,20,22)(H,21,23). The van der Waals surface area contributed by atoms with Crippen molar-refractivity contribution in [2.75, 3.05) is 11.9 Å². The van der Waals surface area contributed by atoms with Gasteiger partial charge in [-0.2, -0.15) is 0 Å². The Bertz CT molecular complexity index is 611. The van der Waals surface area contributed by atoms with Gasteiger partial charge in [-0.25, -0.2) is 0 Å². The first kappa shape index (κ1) is 18.5. The van der Waals surface area contributed by atoms with Gasteiger partial charge in [-0.3, -0.25) is 9.59 Å². The molecule has 1 saturated heterocycles. The zero-order valence-corrected chi connectivity index (χ0v) is 15.2. The van der Waals surface area contributed by atoms with Gasteiger partial charge >= 0.3 is 11.8 Å². The summed E-state index contributed by atoms with van der Waals surface area (Å²) in [6.45, 7) is 10.9. The number of hydrogen-bond acceptors (Lipinski definition) is 3. The van der Waals surface area contributed by atoms with E-state index in [4.69, 9.17) is 4.74 Å². The van der Waals surface area contributed by atoms with E-state index in [1.165, 1.54) is 5.56 Å². The summed E-state index contributed by atoms with van der Waals surface area (Å²) >= 11 is 0. The van der Waals surface area contributed by atoms with Crippen molar-refractivity contribution in [3.63, 3.8) is 0 Å². The summed E-state index contributed by atoms with van der Waals surface area (Å²) in [7, 11) is 0. The molecule has 0 spiro atoms. The molecule has 2 atom stereocenters. The lowest BCUT2D eigenvalue weighted by Crippen LogP contribution is -2.44. The molecule has 2 unspecified atom stereocenters. The summed E-state index contributed by atoms with van der Waals surface area (Å²) in [5, 5.41) is 5.51. The van der Waals surface area contributed by atoms with E-state index < -0.39 is 11.8 Å². The highest BCUT2D eigenvalue weighted by Gasteiger charge is 2.28. The highest BCUT2D eigenvalue weighted by Crippen LogP contribution is 2.28. The molecule has 2 N–H and O–H groups in total. The van der Waals surface area contributed by atoms with Crippen LogP contribution in [0, 0.1) is 0 Å². The van der Waals surface area contributed by atoms with Gasteiger partial charge in [-0.15, -0.1) is 0 Å². The molecule has 1 aliphatic rings.